The van der Waals surface area contributed by atoms with Crippen molar-refractivity contribution < 1.29 is 4.74 Å². The SMILES string of the molecule is CCN(c1ccc(C)cc1)c1nc(OC)ccc1N. The van der Waals surface area contributed by atoms with Crippen LogP contribution in [0.5, 0.6) is 5.88 Å². The Bertz CT molecular complexity index is 552. The minimum Gasteiger partial charge on any atom is -0.481 e. The summed E-state index contributed by atoms with van der Waals surface area (Å²) in [5.74, 6) is 1.29. The average Bonchev–Trinajstić information content (AvgIpc) is 2.43. The first-order valence-electron chi connectivity index (χ1n) is 6.30. The second-order valence-corrected chi connectivity index (χ2v) is 4.35. The summed E-state index contributed by atoms with van der Waals surface area (Å²) >= 11 is 0. The van der Waals surface area contributed by atoms with Gasteiger partial charge in [-0.25, -0.2) is 0 Å². The van der Waals surface area contributed by atoms with Gasteiger partial charge in [0.2, 0.25) is 5.88 Å². The Balaban J connectivity index is 2.44. The molecular formula is C15H19N3O. The van der Waals surface area contributed by atoms with Gasteiger partial charge in [-0.05, 0) is 32.0 Å². The maximum Gasteiger partial charge on any atom is 0.215 e. The van der Waals surface area contributed by atoms with Gasteiger partial charge in [-0.3, -0.25) is 0 Å². The molecule has 1 aromatic carbocycles. The molecule has 2 aromatic rings. The van der Waals surface area contributed by atoms with Gasteiger partial charge in [0.05, 0.1) is 12.8 Å². The smallest absolute Gasteiger partial charge is 0.215 e. The largest absolute Gasteiger partial charge is 0.481 e. The van der Waals surface area contributed by atoms with Gasteiger partial charge in [-0.2, -0.15) is 4.98 Å². The van der Waals surface area contributed by atoms with Crippen molar-refractivity contribution in [1.82, 2.24) is 4.98 Å². The van der Waals surface area contributed by atoms with Gasteiger partial charge in [0.15, 0.2) is 5.82 Å². The Labute approximate surface area is 113 Å². The third-order valence-corrected chi connectivity index (χ3v) is 3.01. The molecule has 0 radical (unpaired) electrons. The Morgan fingerprint density at radius 3 is 2.42 bits per heavy atom. The van der Waals surface area contributed by atoms with E-state index in [9.17, 15) is 0 Å². The molecule has 0 aliphatic rings. The third kappa shape index (κ3) is 2.78. The number of hydrogen-bond acceptors (Lipinski definition) is 4. The zero-order valence-electron chi connectivity index (χ0n) is 11.6. The van der Waals surface area contributed by atoms with Crippen LogP contribution in [0, 0.1) is 6.92 Å². The van der Waals surface area contributed by atoms with Crippen molar-refractivity contribution >= 4 is 17.2 Å². The number of aryl methyl sites for hydroxylation is 1. The highest BCUT2D eigenvalue weighted by Crippen LogP contribution is 2.30. The van der Waals surface area contributed by atoms with Crippen LogP contribution in [0.25, 0.3) is 0 Å². The number of nitrogen functional groups attached to an aromatic ring is 1. The number of hydrogen-bond donors (Lipinski definition) is 1. The van der Waals surface area contributed by atoms with E-state index in [0.29, 0.717) is 11.6 Å². The third-order valence-electron chi connectivity index (χ3n) is 3.01. The van der Waals surface area contributed by atoms with E-state index >= 15 is 0 Å². The fourth-order valence-electron chi connectivity index (χ4n) is 1.95. The molecule has 0 fully saturated rings. The molecule has 0 saturated heterocycles. The Morgan fingerprint density at radius 1 is 1.16 bits per heavy atom. The molecule has 1 heterocycles. The van der Waals surface area contributed by atoms with Gasteiger partial charge in [0.1, 0.15) is 0 Å². The van der Waals surface area contributed by atoms with E-state index in [2.05, 4.69) is 48.0 Å². The summed E-state index contributed by atoms with van der Waals surface area (Å²) in [5.41, 5.74) is 8.97. The van der Waals surface area contributed by atoms with Gasteiger partial charge in [-0.15, -0.1) is 0 Å². The number of aromatic nitrogens is 1. The lowest BCUT2D eigenvalue weighted by Crippen LogP contribution is -2.19. The van der Waals surface area contributed by atoms with Gasteiger partial charge in [0.25, 0.3) is 0 Å². The lowest BCUT2D eigenvalue weighted by molar-refractivity contribution is 0.398. The highest BCUT2D eigenvalue weighted by atomic mass is 16.5. The van der Waals surface area contributed by atoms with E-state index in [-0.39, 0.29) is 0 Å². The second-order valence-electron chi connectivity index (χ2n) is 4.35. The normalized spacial score (nSPS) is 10.3. The first-order chi connectivity index (χ1) is 9.15. The van der Waals surface area contributed by atoms with Gasteiger partial charge >= 0.3 is 0 Å². The molecule has 0 unspecified atom stereocenters. The summed E-state index contributed by atoms with van der Waals surface area (Å²) in [4.78, 5) is 6.51. The Hall–Kier alpha value is -2.23. The molecule has 0 amide bonds. The zero-order valence-corrected chi connectivity index (χ0v) is 11.6. The van der Waals surface area contributed by atoms with E-state index in [0.717, 1.165) is 18.1 Å². The molecule has 0 atom stereocenters. The maximum absolute atomic E-state index is 6.03. The highest BCUT2D eigenvalue weighted by Gasteiger charge is 2.13. The molecular weight excluding hydrogens is 238 g/mol. The zero-order chi connectivity index (χ0) is 13.8. The van der Waals surface area contributed by atoms with Gasteiger partial charge in [-0.1, -0.05) is 17.7 Å². The van der Waals surface area contributed by atoms with Crippen molar-refractivity contribution in [3.8, 4) is 5.88 Å². The number of ether oxygens (including phenoxy) is 1. The van der Waals surface area contributed by atoms with Crippen LogP contribution in [-0.4, -0.2) is 18.6 Å². The van der Waals surface area contributed by atoms with Gasteiger partial charge in [0, 0.05) is 18.3 Å². The molecule has 100 valence electrons. The van der Waals surface area contributed by atoms with E-state index in [1.807, 2.05) is 6.07 Å². The first-order valence-corrected chi connectivity index (χ1v) is 6.30. The number of nitrogens with zero attached hydrogens (tertiary/aromatic N) is 2. The number of pyridine rings is 1. The predicted molar refractivity (Wildman–Crippen MR) is 79.1 cm³/mol. The van der Waals surface area contributed by atoms with E-state index in [1.165, 1.54) is 5.56 Å². The topological polar surface area (TPSA) is 51.4 Å². The highest BCUT2D eigenvalue weighted by molar-refractivity contribution is 5.71. The molecule has 4 nitrogen and oxygen atoms in total. The lowest BCUT2D eigenvalue weighted by atomic mass is 10.2. The quantitative estimate of drug-likeness (QED) is 0.914. The van der Waals surface area contributed by atoms with Crippen LogP contribution < -0.4 is 15.4 Å². The fourth-order valence-corrected chi connectivity index (χ4v) is 1.95. The molecule has 4 heteroatoms. The molecule has 0 bridgehead atoms. The number of rotatable bonds is 4. The van der Waals surface area contributed by atoms with E-state index < -0.39 is 0 Å². The minimum absolute atomic E-state index is 0.565. The van der Waals surface area contributed by atoms with Crippen LogP contribution in [0.4, 0.5) is 17.2 Å². The molecule has 0 spiro atoms. The maximum atomic E-state index is 6.03. The Morgan fingerprint density at radius 2 is 1.84 bits per heavy atom. The van der Waals surface area contributed by atoms with Crippen LogP contribution in [0.3, 0.4) is 0 Å². The number of anilines is 3. The van der Waals surface area contributed by atoms with Crippen molar-refractivity contribution in [3.05, 3.63) is 42.0 Å². The lowest BCUT2D eigenvalue weighted by Gasteiger charge is -2.24. The standard InChI is InChI=1S/C15H19N3O/c1-4-18(12-7-5-11(2)6-8-12)15-13(16)9-10-14(17-15)19-3/h5-10H,4,16H2,1-3H3. The summed E-state index contributed by atoms with van der Waals surface area (Å²) < 4.78 is 5.17. The van der Waals surface area contributed by atoms with E-state index in [4.69, 9.17) is 10.5 Å². The molecule has 0 saturated carbocycles. The van der Waals surface area contributed by atoms with Crippen molar-refractivity contribution in [2.45, 2.75) is 13.8 Å². The molecule has 0 aliphatic heterocycles. The van der Waals surface area contributed by atoms with Crippen molar-refractivity contribution in [2.24, 2.45) is 0 Å². The van der Waals surface area contributed by atoms with Crippen molar-refractivity contribution in [3.63, 3.8) is 0 Å². The van der Waals surface area contributed by atoms with E-state index in [1.54, 1.807) is 13.2 Å². The first kappa shape index (κ1) is 13.2. The summed E-state index contributed by atoms with van der Waals surface area (Å²) in [5, 5.41) is 0. The molecule has 2 N–H and O–H groups in total. The van der Waals surface area contributed by atoms with Crippen molar-refractivity contribution in [2.75, 3.05) is 24.3 Å². The number of benzene rings is 1. The summed E-state index contributed by atoms with van der Waals surface area (Å²) in [6, 6.07) is 11.9. The molecule has 19 heavy (non-hydrogen) atoms. The second kappa shape index (κ2) is 5.61. The average molecular weight is 257 g/mol. The van der Waals surface area contributed by atoms with Crippen LogP contribution in [0.1, 0.15) is 12.5 Å². The summed E-state index contributed by atoms with van der Waals surface area (Å²) in [6.45, 7) is 4.92. The number of methoxy groups -OCH3 is 1. The monoisotopic (exact) mass is 257 g/mol. The Kier molecular flexibility index (Phi) is 3.90. The van der Waals surface area contributed by atoms with Crippen LogP contribution in [0.2, 0.25) is 0 Å². The molecule has 1 aromatic heterocycles. The predicted octanol–water partition coefficient (Wildman–Crippen LogP) is 3.14. The molecule has 2 rings (SSSR count). The van der Waals surface area contributed by atoms with Gasteiger partial charge < -0.3 is 15.4 Å². The van der Waals surface area contributed by atoms with Crippen LogP contribution in [0.15, 0.2) is 36.4 Å². The minimum atomic E-state index is 0.565. The molecule has 0 aliphatic carbocycles. The van der Waals surface area contributed by atoms with Crippen LogP contribution >= 0.6 is 0 Å². The van der Waals surface area contributed by atoms with Crippen molar-refractivity contribution in [1.29, 1.82) is 0 Å². The fraction of sp³-hybridized carbons (Fsp3) is 0.267. The summed E-state index contributed by atoms with van der Waals surface area (Å²) in [6.07, 6.45) is 0. The van der Waals surface area contributed by atoms with Crippen LogP contribution in [-0.2, 0) is 0 Å². The number of nitrogens with two attached hydrogens (primary N) is 1. The summed E-state index contributed by atoms with van der Waals surface area (Å²) in [7, 11) is 1.60.